The summed E-state index contributed by atoms with van der Waals surface area (Å²) in [4.78, 5) is 11.1. The molecule has 2 heteroatoms. The molecule has 0 radical (unpaired) electrons. The molecular formula is C12H23NO. The number of hydrogen-bond donors (Lipinski definition) is 1. The molecule has 0 aromatic carbocycles. The van der Waals surface area contributed by atoms with E-state index in [1.165, 1.54) is 19.3 Å². The third-order valence-electron chi connectivity index (χ3n) is 2.43. The van der Waals surface area contributed by atoms with Crippen molar-refractivity contribution in [3.63, 3.8) is 0 Å². The maximum absolute atomic E-state index is 11.1. The Morgan fingerprint density at radius 2 is 2.14 bits per heavy atom. The molecule has 0 saturated carbocycles. The molecule has 0 heterocycles. The molecular weight excluding hydrogens is 174 g/mol. The molecule has 0 rings (SSSR count). The molecule has 0 aliphatic carbocycles. The number of nitrogens with one attached hydrogen (secondary N) is 1. The maximum atomic E-state index is 11.1. The SMILES string of the molecule is CC=CC(=O)NCC(CC)CCCC. The van der Waals surface area contributed by atoms with Gasteiger partial charge < -0.3 is 5.32 Å². The van der Waals surface area contributed by atoms with E-state index in [9.17, 15) is 4.79 Å². The number of unbranched alkanes of at least 4 members (excludes halogenated alkanes) is 1. The second-order valence-corrected chi connectivity index (χ2v) is 3.66. The van der Waals surface area contributed by atoms with Crippen molar-refractivity contribution in [2.75, 3.05) is 6.54 Å². The normalized spacial score (nSPS) is 13.1. The summed E-state index contributed by atoms with van der Waals surface area (Å²) in [6.45, 7) is 7.06. The van der Waals surface area contributed by atoms with Crippen LogP contribution in [0, 0.1) is 5.92 Å². The minimum Gasteiger partial charge on any atom is -0.352 e. The summed E-state index contributed by atoms with van der Waals surface area (Å²) in [5.41, 5.74) is 0. The lowest BCUT2D eigenvalue weighted by molar-refractivity contribution is -0.116. The van der Waals surface area contributed by atoms with Gasteiger partial charge in [0.25, 0.3) is 0 Å². The molecule has 0 bridgehead atoms. The van der Waals surface area contributed by atoms with Crippen molar-refractivity contribution in [1.29, 1.82) is 0 Å². The van der Waals surface area contributed by atoms with E-state index in [2.05, 4.69) is 19.2 Å². The predicted octanol–water partition coefficient (Wildman–Crippen LogP) is 2.90. The smallest absolute Gasteiger partial charge is 0.243 e. The molecule has 0 aliphatic heterocycles. The largest absolute Gasteiger partial charge is 0.352 e. The first-order valence-corrected chi connectivity index (χ1v) is 5.65. The first kappa shape index (κ1) is 13.2. The maximum Gasteiger partial charge on any atom is 0.243 e. The summed E-state index contributed by atoms with van der Waals surface area (Å²) in [6, 6.07) is 0. The number of carbonyl (C=O) groups excluding carboxylic acids is 1. The monoisotopic (exact) mass is 197 g/mol. The molecule has 0 fully saturated rings. The fraction of sp³-hybridized carbons (Fsp3) is 0.750. The van der Waals surface area contributed by atoms with Crippen molar-refractivity contribution in [3.8, 4) is 0 Å². The Balaban J connectivity index is 3.66. The topological polar surface area (TPSA) is 29.1 Å². The van der Waals surface area contributed by atoms with Crippen LogP contribution < -0.4 is 5.32 Å². The lowest BCUT2D eigenvalue weighted by Crippen LogP contribution is -2.27. The van der Waals surface area contributed by atoms with Crippen molar-refractivity contribution in [3.05, 3.63) is 12.2 Å². The Kier molecular flexibility index (Phi) is 8.30. The van der Waals surface area contributed by atoms with Gasteiger partial charge in [0.05, 0.1) is 0 Å². The van der Waals surface area contributed by atoms with Crippen LogP contribution in [-0.4, -0.2) is 12.5 Å². The van der Waals surface area contributed by atoms with Crippen molar-refractivity contribution in [2.24, 2.45) is 5.92 Å². The Morgan fingerprint density at radius 3 is 2.64 bits per heavy atom. The fourth-order valence-electron chi connectivity index (χ4n) is 1.40. The van der Waals surface area contributed by atoms with Crippen molar-refractivity contribution >= 4 is 5.91 Å². The Bertz CT molecular complexity index is 175. The lowest BCUT2D eigenvalue weighted by atomic mass is 9.99. The van der Waals surface area contributed by atoms with Crippen LogP contribution in [0.1, 0.15) is 46.5 Å². The molecule has 0 aromatic heterocycles. The molecule has 0 aliphatic rings. The average molecular weight is 197 g/mol. The van der Waals surface area contributed by atoms with Crippen LogP contribution in [0.4, 0.5) is 0 Å². The first-order valence-electron chi connectivity index (χ1n) is 5.65. The molecule has 1 atom stereocenters. The molecule has 2 nitrogen and oxygen atoms in total. The first-order chi connectivity index (χ1) is 6.74. The van der Waals surface area contributed by atoms with Gasteiger partial charge in [-0.1, -0.05) is 39.2 Å². The van der Waals surface area contributed by atoms with Gasteiger partial charge in [-0.05, 0) is 25.3 Å². The van der Waals surface area contributed by atoms with Gasteiger partial charge in [0.15, 0.2) is 0 Å². The fourth-order valence-corrected chi connectivity index (χ4v) is 1.40. The van der Waals surface area contributed by atoms with E-state index in [0.717, 1.165) is 13.0 Å². The molecule has 82 valence electrons. The number of allylic oxidation sites excluding steroid dienone is 1. The van der Waals surface area contributed by atoms with E-state index in [4.69, 9.17) is 0 Å². The number of carbonyl (C=O) groups is 1. The van der Waals surface area contributed by atoms with Gasteiger partial charge in [-0.3, -0.25) is 4.79 Å². The minimum atomic E-state index is 0.0300. The summed E-state index contributed by atoms with van der Waals surface area (Å²) in [6.07, 6.45) is 8.21. The van der Waals surface area contributed by atoms with Crippen LogP contribution >= 0.6 is 0 Å². The molecule has 1 amide bonds. The summed E-state index contributed by atoms with van der Waals surface area (Å²) in [5.74, 6) is 0.673. The minimum absolute atomic E-state index is 0.0300. The second-order valence-electron chi connectivity index (χ2n) is 3.66. The third kappa shape index (κ3) is 6.70. The standard InChI is InChI=1S/C12H23NO/c1-4-7-9-11(6-3)10-13-12(14)8-5-2/h5,8,11H,4,6-7,9-10H2,1-3H3,(H,13,14). The van der Waals surface area contributed by atoms with Gasteiger partial charge in [0.1, 0.15) is 0 Å². The second kappa shape index (κ2) is 8.79. The van der Waals surface area contributed by atoms with Crippen LogP contribution in [0.2, 0.25) is 0 Å². The van der Waals surface area contributed by atoms with Crippen LogP contribution in [0.25, 0.3) is 0 Å². The molecule has 1 N–H and O–H groups in total. The zero-order valence-corrected chi connectivity index (χ0v) is 9.68. The highest BCUT2D eigenvalue weighted by Gasteiger charge is 2.06. The Labute approximate surface area is 87.8 Å². The molecule has 14 heavy (non-hydrogen) atoms. The Morgan fingerprint density at radius 1 is 1.43 bits per heavy atom. The van der Waals surface area contributed by atoms with E-state index in [1.807, 2.05) is 6.92 Å². The highest BCUT2D eigenvalue weighted by Crippen LogP contribution is 2.10. The van der Waals surface area contributed by atoms with E-state index < -0.39 is 0 Å². The van der Waals surface area contributed by atoms with Gasteiger partial charge >= 0.3 is 0 Å². The Hall–Kier alpha value is -0.790. The molecule has 1 unspecified atom stereocenters. The number of hydrogen-bond acceptors (Lipinski definition) is 1. The third-order valence-corrected chi connectivity index (χ3v) is 2.43. The van der Waals surface area contributed by atoms with Gasteiger partial charge in [-0.15, -0.1) is 0 Å². The quantitative estimate of drug-likeness (QED) is 0.625. The summed E-state index contributed by atoms with van der Waals surface area (Å²) in [7, 11) is 0. The van der Waals surface area contributed by atoms with E-state index in [0.29, 0.717) is 5.92 Å². The van der Waals surface area contributed by atoms with E-state index in [-0.39, 0.29) is 5.91 Å². The summed E-state index contributed by atoms with van der Waals surface area (Å²) >= 11 is 0. The van der Waals surface area contributed by atoms with Crippen molar-refractivity contribution in [2.45, 2.75) is 46.5 Å². The molecule has 0 aromatic rings. The van der Waals surface area contributed by atoms with Gasteiger partial charge in [0.2, 0.25) is 5.91 Å². The van der Waals surface area contributed by atoms with Gasteiger partial charge in [-0.2, -0.15) is 0 Å². The zero-order valence-electron chi connectivity index (χ0n) is 9.68. The van der Waals surface area contributed by atoms with Gasteiger partial charge in [-0.25, -0.2) is 0 Å². The highest BCUT2D eigenvalue weighted by atomic mass is 16.1. The van der Waals surface area contributed by atoms with Crippen molar-refractivity contribution < 1.29 is 4.79 Å². The number of rotatable bonds is 7. The van der Waals surface area contributed by atoms with Crippen molar-refractivity contribution in [1.82, 2.24) is 5.32 Å². The zero-order chi connectivity index (χ0) is 10.8. The average Bonchev–Trinajstić information content (AvgIpc) is 2.19. The number of amides is 1. The van der Waals surface area contributed by atoms with Crippen LogP contribution in [0.3, 0.4) is 0 Å². The van der Waals surface area contributed by atoms with Crippen LogP contribution in [-0.2, 0) is 4.79 Å². The van der Waals surface area contributed by atoms with E-state index in [1.54, 1.807) is 12.2 Å². The van der Waals surface area contributed by atoms with E-state index >= 15 is 0 Å². The molecule has 0 spiro atoms. The van der Waals surface area contributed by atoms with Gasteiger partial charge in [0, 0.05) is 6.54 Å². The lowest BCUT2D eigenvalue weighted by Gasteiger charge is -2.14. The summed E-state index contributed by atoms with van der Waals surface area (Å²) < 4.78 is 0. The molecule has 0 saturated heterocycles. The van der Waals surface area contributed by atoms with Crippen LogP contribution in [0.5, 0.6) is 0 Å². The summed E-state index contributed by atoms with van der Waals surface area (Å²) in [5, 5.41) is 2.92. The highest BCUT2D eigenvalue weighted by molar-refractivity contribution is 5.87. The predicted molar refractivity (Wildman–Crippen MR) is 61.1 cm³/mol. The van der Waals surface area contributed by atoms with Crippen LogP contribution in [0.15, 0.2) is 12.2 Å².